The highest BCUT2D eigenvalue weighted by Gasteiger charge is 2.44. The lowest BCUT2D eigenvalue weighted by Crippen LogP contribution is -2.39. The molecule has 0 bridgehead atoms. The van der Waals surface area contributed by atoms with Gasteiger partial charge in [-0.05, 0) is 244 Å². The van der Waals surface area contributed by atoms with Crippen molar-refractivity contribution in [1.29, 1.82) is 0 Å². The Bertz CT molecular complexity index is 3780. The molecule has 0 radical (unpaired) electrons. The number of hydrogen-bond acceptors (Lipinski definition) is 22. The average molecular weight is 1720 g/mol. The second-order valence-corrected chi connectivity index (χ2v) is 34.6. The van der Waals surface area contributed by atoms with E-state index in [9.17, 15) is 79.5 Å². The summed E-state index contributed by atoms with van der Waals surface area (Å²) in [6, 6.07) is 48.0. The van der Waals surface area contributed by atoms with Gasteiger partial charge < -0.3 is 95.0 Å². The number of benzene rings is 5. The maximum atomic E-state index is 11.7. The summed E-state index contributed by atoms with van der Waals surface area (Å²) in [6.07, 6.45) is 9.21. The van der Waals surface area contributed by atoms with Gasteiger partial charge in [0.05, 0.1) is 88.0 Å². The zero-order valence-electron chi connectivity index (χ0n) is 72.9. The van der Waals surface area contributed by atoms with Crippen molar-refractivity contribution in [1.82, 2.24) is 5.32 Å². The van der Waals surface area contributed by atoms with Crippen LogP contribution in [0.15, 0.2) is 152 Å². The van der Waals surface area contributed by atoms with Crippen molar-refractivity contribution in [3.05, 3.63) is 179 Å². The molecular formula is C97H141NO25. The minimum atomic E-state index is -0.876. The van der Waals surface area contributed by atoms with E-state index in [0.717, 1.165) is 92.9 Å². The molecule has 0 aromatic heterocycles. The topological polar surface area (TPSA) is 430 Å². The van der Waals surface area contributed by atoms with Gasteiger partial charge in [-0.25, -0.2) is 4.79 Å². The highest BCUT2D eigenvalue weighted by Crippen LogP contribution is 2.45. The summed E-state index contributed by atoms with van der Waals surface area (Å²) >= 11 is 0. The molecule has 26 heteroatoms. The van der Waals surface area contributed by atoms with Crippen LogP contribution in [-0.4, -0.2) is 185 Å². The molecule has 6 saturated carbocycles. The van der Waals surface area contributed by atoms with E-state index in [2.05, 4.69) is 17.4 Å². The number of rotatable bonds is 37. The number of nitrogens with one attached hydrogen (secondary N) is 1. The molecule has 21 atom stereocenters. The first-order valence-electron chi connectivity index (χ1n) is 44.5. The third kappa shape index (κ3) is 38.2. The average Bonchev–Trinajstić information content (AvgIpc) is 1.69. The number of ether oxygens (including phenoxy) is 6. The summed E-state index contributed by atoms with van der Waals surface area (Å²) in [5.74, 6) is -3.18. The van der Waals surface area contributed by atoms with Crippen molar-refractivity contribution in [2.75, 3.05) is 39.6 Å². The first kappa shape index (κ1) is 104. The molecule has 123 heavy (non-hydrogen) atoms. The lowest BCUT2D eigenvalue weighted by molar-refractivity contribution is -0.145. The van der Waals surface area contributed by atoms with Crippen LogP contribution in [0, 0.1) is 71.0 Å². The zero-order valence-corrected chi connectivity index (χ0v) is 72.9. The molecule has 0 saturated heterocycles. The molecule has 5 aromatic rings. The van der Waals surface area contributed by atoms with Gasteiger partial charge in [-0.3, -0.25) is 28.8 Å². The second kappa shape index (κ2) is 56.0. The van der Waals surface area contributed by atoms with Gasteiger partial charge in [0.2, 0.25) is 0 Å². The number of hydrogen-bond donors (Lipinski definition) is 13. The number of esters is 3. The van der Waals surface area contributed by atoms with Gasteiger partial charge in [-0.15, -0.1) is 0 Å². The minimum absolute atomic E-state index is 0.00558. The zero-order chi connectivity index (χ0) is 89.8. The van der Waals surface area contributed by atoms with Crippen LogP contribution in [0.25, 0.3) is 0 Å². The molecule has 13 N–H and O–H groups in total. The first-order valence-corrected chi connectivity index (χ1v) is 44.5. The Morgan fingerprint density at radius 3 is 1.02 bits per heavy atom. The standard InChI is InChI=1S/C19H28O4.2C17H24O4.C15H27NO5.C15H20O4.C14H18O4/c1-2-23-19(21)13-16-10-11-18(20)17(16)9-6-12-22-14-15-7-4-3-5-8-15;1-2-21-17(20)10-13-8-9-15(18)14(13)11-16(19)12-6-4-3-5-7-12;18-16-9-8-14(11-17(19)20)15(16)7-4-10-21-12-13-5-2-1-3-6-13;1-5-20-13(18)8-10-6-7-12(17)11(10)9-16-14(19)21-15(2,3)4;16-13-7-6-11(8-15(18)19)12(13)9-14(17)10-4-2-1-3-5-10;15-11-7-6-10(8-12(16)17)13(11)14(18)9-4-2-1-3-5-9/h3-5,7-8,16-18,20H,2,6,9-14H2,1H3;3-7,13-16,18-19H,2,8-11H2,1H3;1-3,5-6,14-16,18H,4,7-12H2,(H,19,20);10-12,17H,5-9H2,1-4H3,(H,16,19);1-5,11-14,16-17H,6-9H2,(H,18,19);1-5,10-11,13-15,18H,6-8H2,(H,16,17). The fourth-order valence-electron chi connectivity index (χ4n) is 18.4. The van der Waals surface area contributed by atoms with Crippen LogP contribution in [-0.2, 0) is 70.4 Å². The summed E-state index contributed by atoms with van der Waals surface area (Å²) in [7, 11) is 0. The molecule has 6 aliphatic rings. The highest BCUT2D eigenvalue weighted by atomic mass is 16.6. The molecule has 684 valence electrons. The molecule has 21 unspecified atom stereocenters. The predicted molar refractivity (Wildman–Crippen MR) is 462 cm³/mol. The number of carbonyl (C=O) groups is 7. The number of alkyl carbamates (subject to hydrolysis) is 1. The number of amides is 1. The lowest BCUT2D eigenvalue weighted by Gasteiger charge is -2.26. The molecule has 6 fully saturated rings. The Morgan fingerprint density at radius 2 is 0.667 bits per heavy atom. The van der Waals surface area contributed by atoms with E-state index >= 15 is 0 Å². The number of carbonyl (C=O) groups excluding carboxylic acids is 4. The van der Waals surface area contributed by atoms with Gasteiger partial charge in [0.25, 0.3) is 0 Å². The monoisotopic (exact) mass is 1720 g/mol. The molecular weight excluding hydrogens is 1580 g/mol. The van der Waals surface area contributed by atoms with Crippen molar-refractivity contribution in [3.8, 4) is 0 Å². The van der Waals surface area contributed by atoms with E-state index < -0.39 is 72.3 Å². The number of aliphatic hydroxyl groups excluding tert-OH is 9. The molecule has 6 aliphatic carbocycles. The van der Waals surface area contributed by atoms with Crippen LogP contribution in [0.3, 0.4) is 0 Å². The van der Waals surface area contributed by atoms with Crippen LogP contribution in [0.1, 0.15) is 242 Å². The van der Waals surface area contributed by atoms with Crippen molar-refractivity contribution in [2.45, 2.75) is 269 Å². The van der Waals surface area contributed by atoms with Crippen LogP contribution in [0.2, 0.25) is 0 Å². The molecule has 11 rings (SSSR count). The van der Waals surface area contributed by atoms with Crippen molar-refractivity contribution in [2.24, 2.45) is 71.0 Å². The minimum Gasteiger partial charge on any atom is -0.481 e. The van der Waals surface area contributed by atoms with Crippen molar-refractivity contribution in [3.63, 3.8) is 0 Å². The molecule has 1 amide bonds. The summed E-state index contributed by atoms with van der Waals surface area (Å²) in [4.78, 5) is 79.0. The normalized spacial score (nSPS) is 26.2. The third-order valence-electron chi connectivity index (χ3n) is 24.6. The Hall–Kier alpha value is -8.25. The summed E-state index contributed by atoms with van der Waals surface area (Å²) in [6.45, 7) is 14.8. The third-order valence-corrected chi connectivity index (χ3v) is 24.6. The fraction of sp³-hybridized carbons (Fsp3) is 0.619. The Kier molecular flexibility index (Phi) is 47.1. The number of carboxylic acid groups (broad SMARTS) is 3. The van der Waals surface area contributed by atoms with Crippen LogP contribution in [0.4, 0.5) is 4.79 Å². The summed E-state index contributed by atoms with van der Waals surface area (Å²) in [5, 5.41) is 120. The van der Waals surface area contributed by atoms with Crippen molar-refractivity contribution >= 4 is 41.9 Å². The second-order valence-electron chi connectivity index (χ2n) is 34.6. The number of carboxylic acids is 3. The van der Waals surface area contributed by atoms with E-state index in [0.29, 0.717) is 111 Å². The van der Waals surface area contributed by atoms with Gasteiger partial charge in [-0.2, -0.15) is 0 Å². The van der Waals surface area contributed by atoms with E-state index in [1.165, 1.54) is 5.56 Å². The maximum absolute atomic E-state index is 11.7. The number of aliphatic carboxylic acids is 3. The molecule has 0 aliphatic heterocycles. The predicted octanol–water partition coefficient (Wildman–Crippen LogP) is 14.0. The number of aliphatic hydroxyl groups is 9. The van der Waals surface area contributed by atoms with Gasteiger partial charge >= 0.3 is 41.9 Å². The molecule has 5 aromatic carbocycles. The Morgan fingerprint density at radius 1 is 0.374 bits per heavy atom. The quantitative estimate of drug-likeness (QED) is 0.00997. The van der Waals surface area contributed by atoms with Crippen LogP contribution < -0.4 is 5.32 Å². The smallest absolute Gasteiger partial charge is 0.407 e. The van der Waals surface area contributed by atoms with E-state index in [1.54, 1.807) is 46.8 Å². The van der Waals surface area contributed by atoms with Crippen LogP contribution >= 0.6 is 0 Å². The molecule has 0 heterocycles. The maximum Gasteiger partial charge on any atom is 0.407 e. The van der Waals surface area contributed by atoms with Gasteiger partial charge in [0.1, 0.15) is 5.60 Å². The van der Waals surface area contributed by atoms with Crippen molar-refractivity contribution < 1.29 is 123 Å². The Labute approximate surface area is 726 Å². The van der Waals surface area contributed by atoms with Gasteiger partial charge in [0, 0.05) is 70.1 Å². The largest absolute Gasteiger partial charge is 0.481 e. The van der Waals surface area contributed by atoms with Gasteiger partial charge in [0.15, 0.2) is 0 Å². The molecule has 0 spiro atoms. The first-order chi connectivity index (χ1) is 58.9. The lowest BCUT2D eigenvalue weighted by atomic mass is 9.84. The SMILES string of the molecule is CCOC(=O)CC1CCC(O)C1CC(O)c1ccccc1.CCOC(=O)CC1CCC(O)C1CCCOCc1ccccc1.CCOC(=O)CC1CCC(O)C1CNC(=O)OC(C)(C)C.O=C(O)CC1CCC(O)C1C(O)c1ccccc1.O=C(O)CC1CCC(O)C1CC(O)c1ccccc1.O=C(O)CC1CCC(O)C1CCCOCc1ccccc1. The highest BCUT2D eigenvalue weighted by molar-refractivity contribution is 5.71. The van der Waals surface area contributed by atoms with Gasteiger partial charge in [-0.1, -0.05) is 152 Å². The Balaban J connectivity index is 0.000000229. The van der Waals surface area contributed by atoms with E-state index in [1.807, 2.05) is 134 Å². The summed E-state index contributed by atoms with van der Waals surface area (Å²) < 4.78 is 31.5. The van der Waals surface area contributed by atoms with E-state index in [4.69, 9.17) is 43.7 Å². The fourth-order valence-corrected chi connectivity index (χ4v) is 18.4. The van der Waals surface area contributed by atoms with Crippen LogP contribution in [0.5, 0.6) is 0 Å². The van der Waals surface area contributed by atoms with E-state index in [-0.39, 0.29) is 127 Å². The molecule has 26 nitrogen and oxygen atoms in total. The summed E-state index contributed by atoms with van der Waals surface area (Å²) in [5.41, 5.74) is 4.18.